The van der Waals surface area contributed by atoms with E-state index in [1.54, 1.807) is 0 Å². The normalized spacial score (nSPS) is 17.4. The van der Waals surface area contributed by atoms with E-state index in [9.17, 15) is 27.1 Å². The Hall–Kier alpha value is -2.50. The summed E-state index contributed by atoms with van der Waals surface area (Å²) in [7, 11) is -4.33. The average Bonchev–Trinajstić information content (AvgIpc) is 3.22. The first kappa shape index (κ1) is 18.8. The first-order chi connectivity index (χ1) is 13.3. The molecule has 1 saturated heterocycles. The molecule has 1 aliphatic heterocycles. The fourth-order valence-corrected chi connectivity index (χ4v) is 5.66. The molecule has 1 aromatic carbocycles. The number of hydrogen-bond donors (Lipinski definition) is 3. The molecule has 3 N–H and O–H groups in total. The van der Waals surface area contributed by atoms with Gasteiger partial charge in [-0.2, -0.15) is 0 Å². The highest BCUT2D eigenvalue weighted by Gasteiger charge is 2.32. The van der Waals surface area contributed by atoms with Gasteiger partial charge in [-0.25, -0.2) is 17.2 Å². The van der Waals surface area contributed by atoms with Crippen molar-refractivity contribution in [1.29, 1.82) is 0 Å². The Morgan fingerprint density at radius 2 is 2.07 bits per heavy atom. The van der Waals surface area contributed by atoms with Gasteiger partial charge in [0.15, 0.2) is 10.0 Å². The molecule has 1 atom stereocenters. The lowest BCUT2D eigenvalue weighted by Gasteiger charge is -2.19. The molecule has 11 heteroatoms. The number of β-amino-alcohol motifs (C(OH)–C–C–N with tert-alkyl or cyclic N) is 1. The van der Waals surface area contributed by atoms with Crippen molar-refractivity contribution >= 4 is 43.5 Å². The first-order valence-corrected chi connectivity index (χ1v) is 10.7. The largest absolute Gasteiger partial charge is 0.391 e. The number of anilines is 2. The molecule has 148 valence electrons. The number of aromatic amines is 1. The topological polar surface area (TPSA) is 102 Å². The molecule has 3 heterocycles. The van der Waals surface area contributed by atoms with Crippen LogP contribution in [0.25, 0.3) is 10.8 Å². The first-order valence-electron chi connectivity index (χ1n) is 8.30. The van der Waals surface area contributed by atoms with Crippen LogP contribution in [0.4, 0.5) is 20.2 Å². The zero-order valence-electron chi connectivity index (χ0n) is 14.3. The van der Waals surface area contributed by atoms with Gasteiger partial charge in [0.2, 0.25) is 0 Å². The molecular weight excluding hydrogens is 412 g/mol. The van der Waals surface area contributed by atoms with Crippen LogP contribution >= 0.6 is 11.3 Å². The Kier molecular flexibility index (Phi) is 4.60. The molecule has 1 aliphatic rings. The number of aliphatic hydroxyl groups is 1. The van der Waals surface area contributed by atoms with Gasteiger partial charge in [0.05, 0.1) is 11.8 Å². The van der Waals surface area contributed by atoms with Crippen LogP contribution in [0.3, 0.4) is 0 Å². The quantitative estimate of drug-likeness (QED) is 0.593. The van der Waals surface area contributed by atoms with Gasteiger partial charge in [-0.3, -0.25) is 9.52 Å². The van der Waals surface area contributed by atoms with Crippen molar-refractivity contribution in [3.63, 3.8) is 0 Å². The number of nitrogens with zero attached hydrogens (tertiary/aromatic N) is 1. The lowest BCUT2D eigenvalue weighted by atomic mass is 10.1. The number of H-pyrrole nitrogens is 1. The maximum atomic E-state index is 14.4. The molecule has 3 aromatic rings. The Labute approximate surface area is 162 Å². The standard InChI is InChI=1S/C17H15F2N3O4S2/c18-12-5-9-1-3-20-16(24)11(9)6-14(12)21-28(25,26)17-15(13(19)8-27-17)22-4-2-10(23)7-22/h1,3,5-6,8,10,21,23H,2,4,7H2,(H,20,24). The van der Waals surface area contributed by atoms with Gasteiger partial charge >= 0.3 is 0 Å². The summed E-state index contributed by atoms with van der Waals surface area (Å²) in [6.07, 6.45) is 1.08. The summed E-state index contributed by atoms with van der Waals surface area (Å²) >= 11 is 0.664. The highest BCUT2D eigenvalue weighted by Crippen LogP contribution is 2.37. The van der Waals surface area contributed by atoms with Crippen LogP contribution in [0.15, 0.2) is 38.8 Å². The lowest BCUT2D eigenvalue weighted by Crippen LogP contribution is -2.24. The van der Waals surface area contributed by atoms with E-state index >= 15 is 0 Å². The molecule has 0 radical (unpaired) electrons. The predicted molar refractivity (Wildman–Crippen MR) is 102 cm³/mol. The van der Waals surface area contributed by atoms with Gasteiger partial charge in [0.25, 0.3) is 15.6 Å². The number of nitrogens with one attached hydrogen (secondary N) is 2. The Morgan fingerprint density at radius 1 is 1.29 bits per heavy atom. The fraction of sp³-hybridized carbons (Fsp3) is 0.235. The van der Waals surface area contributed by atoms with Crippen molar-refractivity contribution in [2.75, 3.05) is 22.7 Å². The monoisotopic (exact) mass is 427 g/mol. The van der Waals surface area contributed by atoms with Gasteiger partial charge in [0.1, 0.15) is 11.5 Å². The summed E-state index contributed by atoms with van der Waals surface area (Å²) in [6.45, 7) is 0.410. The zero-order chi connectivity index (χ0) is 20.1. The van der Waals surface area contributed by atoms with Gasteiger partial charge in [-0.05, 0) is 30.0 Å². The van der Waals surface area contributed by atoms with Gasteiger partial charge in [0, 0.05) is 30.1 Å². The van der Waals surface area contributed by atoms with Crippen molar-refractivity contribution in [3.05, 3.63) is 51.8 Å². The number of halogens is 2. The molecule has 0 saturated carbocycles. The summed E-state index contributed by atoms with van der Waals surface area (Å²) in [5.41, 5.74) is -1.05. The third kappa shape index (κ3) is 3.25. The highest BCUT2D eigenvalue weighted by molar-refractivity contribution is 7.94. The summed E-state index contributed by atoms with van der Waals surface area (Å²) in [5.74, 6) is -1.59. The molecule has 0 spiro atoms. The summed E-state index contributed by atoms with van der Waals surface area (Å²) < 4.78 is 56.1. The Morgan fingerprint density at radius 3 is 2.79 bits per heavy atom. The molecule has 1 unspecified atom stereocenters. The number of pyridine rings is 1. The molecule has 1 fully saturated rings. The van der Waals surface area contributed by atoms with E-state index in [0.29, 0.717) is 29.7 Å². The van der Waals surface area contributed by atoms with Crippen molar-refractivity contribution < 1.29 is 22.3 Å². The minimum atomic E-state index is -4.33. The average molecular weight is 427 g/mol. The van der Waals surface area contributed by atoms with Gasteiger partial charge in [-0.15, -0.1) is 11.3 Å². The second-order valence-corrected chi connectivity index (χ2v) is 9.20. The van der Waals surface area contributed by atoms with Crippen molar-refractivity contribution in [2.24, 2.45) is 0 Å². The van der Waals surface area contributed by atoms with Gasteiger partial charge in [-0.1, -0.05) is 0 Å². The van der Waals surface area contributed by atoms with Crippen molar-refractivity contribution in [1.82, 2.24) is 4.98 Å². The Balaban J connectivity index is 1.75. The number of rotatable bonds is 4. The number of hydrogen-bond acceptors (Lipinski definition) is 6. The van der Waals surface area contributed by atoms with E-state index in [1.807, 2.05) is 0 Å². The van der Waals surface area contributed by atoms with Crippen LogP contribution in [-0.4, -0.2) is 37.7 Å². The van der Waals surface area contributed by atoms with Crippen LogP contribution in [0.1, 0.15) is 6.42 Å². The molecular formula is C17H15F2N3O4S2. The van der Waals surface area contributed by atoms with Crippen molar-refractivity contribution in [2.45, 2.75) is 16.7 Å². The molecule has 0 aliphatic carbocycles. The van der Waals surface area contributed by atoms with Gasteiger partial charge < -0.3 is 15.0 Å². The number of aromatic nitrogens is 1. The lowest BCUT2D eigenvalue weighted by molar-refractivity contribution is 0.198. The predicted octanol–water partition coefficient (Wildman–Crippen LogP) is 2.24. The molecule has 28 heavy (non-hydrogen) atoms. The molecule has 0 amide bonds. The fourth-order valence-electron chi connectivity index (χ4n) is 3.21. The minimum absolute atomic E-state index is 0.107. The summed E-state index contributed by atoms with van der Waals surface area (Å²) in [4.78, 5) is 15.8. The maximum absolute atomic E-state index is 14.4. The maximum Gasteiger partial charge on any atom is 0.273 e. The van der Waals surface area contributed by atoms with Crippen LogP contribution in [-0.2, 0) is 10.0 Å². The molecule has 7 nitrogen and oxygen atoms in total. The van der Waals surface area contributed by atoms with Crippen LogP contribution in [0.2, 0.25) is 0 Å². The number of fused-ring (bicyclic) bond motifs is 1. The Bertz CT molecular complexity index is 1220. The third-order valence-corrected chi connectivity index (χ3v) is 7.37. The third-order valence-electron chi connectivity index (χ3n) is 4.52. The molecule has 0 bridgehead atoms. The van der Waals surface area contributed by atoms with Crippen LogP contribution in [0, 0.1) is 11.6 Å². The molecule has 4 rings (SSSR count). The van der Waals surface area contributed by atoms with E-state index in [0.717, 1.165) is 17.5 Å². The van der Waals surface area contributed by atoms with Crippen molar-refractivity contribution in [3.8, 4) is 0 Å². The number of sulfonamides is 1. The second-order valence-electron chi connectivity index (χ2n) is 6.44. The number of aliphatic hydroxyl groups excluding tert-OH is 1. The summed E-state index contributed by atoms with van der Waals surface area (Å²) in [6, 6.07) is 3.64. The van der Waals surface area contributed by atoms with Crippen LogP contribution in [0.5, 0.6) is 0 Å². The summed E-state index contributed by atoms with van der Waals surface area (Å²) in [5, 5.41) is 11.2. The van der Waals surface area contributed by atoms with E-state index in [-0.39, 0.29) is 21.8 Å². The zero-order valence-corrected chi connectivity index (χ0v) is 15.9. The number of benzene rings is 1. The van der Waals surface area contributed by atoms with E-state index in [1.165, 1.54) is 17.2 Å². The van der Waals surface area contributed by atoms with E-state index < -0.39 is 39.0 Å². The highest BCUT2D eigenvalue weighted by atomic mass is 32.2. The smallest absolute Gasteiger partial charge is 0.273 e. The second kappa shape index (κ2) is 6.83. The SMILES string of the molecule is O=c1[nH]ccc2cc(F)c(NS(=O)(=O)c3scc(F)c3N3CCC(O)C3)cc12. The minimum Gasteiger partial charge on any atom is -0.391 e. The van der Waals surface area contributed by atoms with Crippen LogP contribution < -0.4 is 15.2 Å². The number of thiophene rings is 1. The molecule has 2 aromatic heterocycles. The van der Waals surface area contributed by atoms with E-state index in [4.69, 9.17) is 0 Å². The van der Waals surface area contributed by atoms with E-state index in [2.05, 4.69) is 9.71 Å².